The minimum atomic E-state index is 0.0319. The molecule has 0 aliphatic carbocycles. The molecule has 0 unspecified atom stereocenters. The van der Waals surface area contributed by atoms with Gasteiger partial charge in [-0.3, -0.25) is 4.98 Å². The first-order chi connectivity index (χ1) is 7.63. The van der Waals surface area contributed by atoms with Gasteiger partial charge in [0.05, 0.1) is 36.3 Å². The summed E-state index contributed by atoms with van der Waals surface area (Å²) >= 11 is 0. The monoisotopic (exact) mass is 221 g/mol. The van der Waals surface area contributed by atoms with Gasteiger partial charge in [-0.15, -0.1) is 0 Å². The number of aromatic nitrogens is 1. The third-order valence-electron chi connectivity index (χ3n) is 2.98. The van der Waals surface area contributed by atoms with Crippen molar-refractivity contribution in [1.82, 2.24) is 4.98 Å². The number of nitrogens with zero attached hydrogens (tertiary/aromatic N) is 2. The summed E-state index contributed by atoms with van der Waals surface area (Å²) in [4.78, 5) is 6.67. The number of hydrogen-bond donors (Lipinski definition) is 1. The highest BCUT2D eigenvalue weighted by atomic mass is 16.5. The van der Waals surface area contributed by atoms with Crippen molar-refractivity contribution in [3.8, 4) is 0 Å². The van der Waals surface area contributed by atoms with Gasteiger partial charge in [0, 0.05) is 13.1 Å². The van der Waals surface area contributed by atoms with Crippen molar-refractivity contribution in [2.45, 2.75) is 25.9 Å². The van der Waals surface area contributed by atoms with Crippen LogP contribution in [0.2, 0.25) is 0 Å². The number of hydrogen-bond acceptors (Lipinski definition) is 4. The van der Waals surface area contributed by atoms with E-state index in [4.69, 9.17) is 10.5 Å². The molecule has 0 saturated carbocycles. The third-order valence-corrected chi connectivity index (χ3v) is 2.98. The molecular weight excluding hydrogens is 202 g/mol. The number of morpholine rings is 1. The second kappa shape index (κ2) is 4.39. The zero-order valence-electron chi connectivity index (χ0n) is 9.94. The molecule has 88 valence electrons. The molecule has 0 spiro atoms. The smallest absolute Gasteiger partial charge is 0.0694 e. The Morgan fingerprint density at radius 3 is 2.88 bits per heavy atom. The van der Waals surface area contributed by atoms with Gasteiger partial charge in [-0.25, -0.2) is 0 Å². The number of anilines is 1. The maximum Gasteiger partial charge on any atom is 0.0694 e. The molecule has 2 heterocycles. The van der Waals surface area contributed by atoms with E-state index in [0.717, 1.165) is 31.1 Å². The lowest BCUT2D eigenvalue weighted by Gasteiger charge is -2.43. The van der Waals surface area contributed by atoms with E-state index >= 15 is 0 Å². The fourth-order valence-corrected chi connectivity index (χ4v) is 2.03. The first-order valence-electron chi connectivity index (χ1n) is 5.64. The summed E-state index contributed by atoms with van der Waals surface area (Å²) in [6.45, 7) is 7.31. The van der Waals surface area contributed by atoms with Crippen molar-refractivity contribution >= 4 is 5.69 Å². The molecule has 4 nitrogen and oxygen atoms in total. The average molecular weight is 221 g/mol. The van der Waals surface area contributed by atoms with Crippen LogP contribution in [0.1, 0.15) is 19.5 Å². The Hall–Kier alpha value is -1.13. The molecule has 1 aromatic rings. The molecule has 2 rings (SSSR count). The fraction of sp³-hybridized carbons (Fsp3) is 0.583. The van der Waals surface area contributed by atoms with Crippen LogP contribution in [0.4, 0.5) is 5.69 Å². The van der Waals surface area contributed by atoms with Gasteiger partial charge < -0.3 is 15.4 Å². The lowest BCUT2D eigenvalue weighted by atomic mass is 10.0. The van der Waals surface area contributed by atoms with Crippen LogP contribution in [-0.4, -0.2) is 30.3 Å². The molecule has 4 heteroatoms. The van der Waals surface area contributed by atoms with E-state index in [-0.39, 0.29) is 5.54 Å². The van der Waals surface area contributed by atoms with Gasteiger partial charge in [0.2, 0.25) is 0 Å². The van der Waals surface area contributed by atoms with Crippen LogP contribution in [0.3, 0.4) is 0 Å². The summed E-state index contributed by atoms with van der Waals surface area (Å²) in [5.74, 6) is 0. The van der Waals surface area contributed by atoms with E-state index < -0.39 is 0 Å². The number of ether oxygens (including phenoxy) is 1. The second-order valence-corrected chi connectivity index (χ2v) is 4.73. The van der Waals surface area contributed by atoms with Crippen LogP contribution in [0.5, 0.6) is 0 Å². The van der Waals surface area contributed by atoms with Gasteiger partial charge >= 0.3 is 0 Å². The number of pyridine rings is 1. The van der Waals surface area contributed by atoms with E-state index in [1.54, 1.807) is 0 Å². The highest BCUT2D eigenvalue weighted by molar-refractivity contribution is 5.47. The predicted molar refractivity (Wildman–Crippen MR) is 64.4 cm³/mol. The predicted octanol–water partition coefficient (Wildman–Crippen LogP) is 1.16. The van der Waals surface area contributed by atoms with E-state index in [1.807, 2.05) is 12.3 Å². The van der Waals surface area contributed by atoms with Gasteiger partial charge in [-0.05, 0) is 26.0 Å². The highest BCUT2D eigenvalue weighted by Gasteiger charge is 2.30. The lowest BCUT2D eigenvalue weighted by Crippen LogP contribution is -2.53. The molecule has 0 bridgehead atoms. The molecular formula is C12H19N3O. The van der Waals surface area contributed by atoms with E-state index in [2.05, 4.69) is 29.8 Å². The van der Waals surface area contributed by atoms with Crippen molar-refractivity contribution < 1.29 is 4.74 Å². The van der Waals surface area contributed by atoms with Crippen LogP contribution < -0.4 is 10.6 Å². The van der Waals surface area contributed by atoms with Gasteiger partial charge in [0.15, 0.2) is 0 Å². The Balaban J connectivity index is 2.21. The molecule has 1 aliphatic rings. The Labute approximate surface area is 96.4 Å². The molecule has 1 saturated heterocycles. The molecule has 0 radical (unpaired) electrons. The summed E-state index contributed by atoms with van der Waals surface area (Å²) in [7, 11) is 0. The quantitative estimate of drug-likeness (QED) is 0.814. The average Bonchev–Trinajstić information content (AvgIpc) is 2.29. The molecule has 2 N–H and O–H groups in total. The fourth-order valence-electron chi connectivity index (χ4n) is 2.03. The van der Waals surface area contributed by atoms with Gasteiger partial charge in [-0.1, -0.05) is 0 Å². The number of rotatable bonds is 2. The minimum absolute atomic E-state index is 0.0319. The topological polar surface area (TPSA) is 51.4 Å². The maximum absolute atomic E-state index is 5.54. The van der Waals surface area contributed by atoms with E-state index in [9.17, 15) is 0 Å². The molecule has 1 aromatic heterocycles. The molecule has 16 heavy (non-hydrogen) atoms. The summed E-state index contributed by atoms with van der Waals surface area (Å²) in [5.41, 5.74) is 7.64. The molecule has 1 aliphatic heterocycles. The third kappa shape index (κ3) is 2.18. The summed E-state index contributed by atoms with van der Waals surface area (Å²) < 4.78 is 5.50. The first kappa shape index (κ1) is 11.4. The Morgan fingerprint density at radius 2 is 2.31 bits per heavy atom. The van der Waals surface area contributed by atoms with E-state index in [1.165, 1.54) is 0 Å². The largest absolute Gasteiger partial charge is 0.377 e. The number of nitrogens with two attached hydrogens (primary N) is 1. The van der Waals surface area contributed by atoms with Crippen molar-refractivity contribution in [1.29, 1.82) is 0 Å². The normalized spacial score (nSPS) is 19.8. The molecule has 0 amide bonds. The van der Waals surface area contributed by atoms with E-state index in [0.29, 0.717) is 6.54 Å². The van der Waals surface area contributed by atoms with Crippen molar-refractivity contribution in [3.63, 3.8) is 0 Å². The van der Waals surface area contributed by atoms with Crippen LogP contribution in [0.25, 0.3) is 0 Å². The van der Waals surface area contributed by atoms with Crippen molar-refractivity contribution in [2.75, 3.05) is 24.7 Å². The zero-order valence-corrected chi connectivity index (χ0v) is 9.94. The second-order valence-electron chi connectivity index (χ2n) is 4.73. The van der Waals surface area contributed by atoms with Crippen LogP contribution >= 0.6 is 0 Å². The molecule has 0 aromatic carbocycles. The Morgan fingerprint density at radius 1 is 1.50 bits per heavy atom. The Bertz CT molecular complexity index is 348. The minimum Gasteiger partial charge on any atom is -0.377 e. The Kier molecular flexibility index (Phi) is 3.12. The SMILES string of the molecule is CC1(C)COCCN1c1ccc(CN)nc1. The van der Waals surface area contributed by atoms with Crippen molar-refractivity contribution in [2.24, 2.45) is 5.73 Å². The standard InChI is InChI=1S/C12H19N3O/c1-12(2)9-16-6-5-15(12)11-4-3-10(7-13)14-8-11/h3-4,8H,5-7,9,13H2,1-2H3. The molecule has 1 fully saturated rings. The van der Waals surface area contributed by atoms with Crippen LogP contribution in [0, 0.1) is 0 Å². The summed E-state index contributed by atoms with van der Waals surface area (Å²) in [6.07, 6.45) is 1.90. The maximum atomic E-state index is 5.54. The van der Waals surface area contributed by atoms with Gasteiger partial charge in [0.1, 0.15) is 0 Å². The van der Waals surface area contributed by atoms with Crippen molar-refractivity contribution in [3.05, 3.63) is 24.0 Å². The lowest BCUT2D eigenvalue weighted by molar-refractivity contribution is 0.0643. The van der Waals surface area contributed by atoms with Crippen LogP contribution in [-0.2, 0) is 11.3 Å². The highest BCUT2D eigenvalue weighted by Crippen LogP contribution is 2.26. The van der Waals surface area contributed by atoms with Gasteiger partial charge in [0.25, 0.3) is 0 Å². The summed E-state index contributed by atoms with van der Waals surface area (Å²) in [6, 6.07) is 4.07. The van der Waals surface area contributed by atoms with Crippen LogP contribution in [0.15, 0.2) is 18.3 Å². The first-order valence-corrected chi connectivity index (χ1v) is 5.64. The molecule has 0 atom stereocenters. The zero-order chi connectivity index (χ0) is 11.6. The van der Waals surface area contributed by atoms with Gasteiger partial charge in [-0.2, -0.15) is 0 Å². The summed E-state index contributed by atoms with van der Waals surface area (Å²) in [5, 5.41) is 0.